The fourth-order valence-electron chi connectivity index (χ4n) is 4.95. The molecule has 5 rings (SSSR count). The number of nitrogens with one attached hydrogen (secondary N) is 1. The maximum atomic E-state index is 12.8. The van der Waals surface area contributed by atoms with Crippen LogP contribution in [0.4, 0.5) is 17.3 Å². The van der Waals surface area contributed by atoms with E-state index in [1.54, 1.807) is 13.3 Å². The number of rotatable bonds is 8. The van der Waals surface area contributed by atoms with Gasteiger partial charge in [-0.05, 0) is 58.5 Å². The molecule has 11 heteroatoms. The van der Waals surface area contributed by atoms with Crippen molar-refractivity contribution in [1.29, 1.82) is 0 Å². The molecule has 0 unspecified atom stereocenters. The van der Waals surface area contributed by atoms with Crippen LogP contribution in [0.25, 0.3) is 21.3 Å². The first kappa shape index (κ1) is 28.6. The molecule has 4 heterocycles. The van der Waals surface area contributed by atoms with Crippen molar-refractivity contribution in [1.82, 2.24) is 19.9 Å². The number of ether oxygens (including phenoxy) is 3. The summed E-state index contributed by atoms with van der Waals surface area (Å²) >= 11 is 1.28. The zero-order chi connectivity index (χ0) is 29.3. The number of thiophene rings is 1. The molecule has 4 aromatic rings. The lowest BCUT2D eigenvalue weighted by Gasteiger charge is -2.35. The van der Waals surface area contributed by atoms with Gasteiger partial charge in [0.1, 0.15) is 10.6 Å². The van der Waals surface area contributed by atoms with Crippen LogP contribution in [0.5, 0.6) is 11.6 Å². The van der Waals surface area contributed by atoms with Gasteiger partial charge in [-0.15, -0.1) is 11.3 Å². The van der Waals surface area contributed by atoms with Crippen molar-refractivity contribution >= 4 is 44.8 Å². The number of benzene rings is 1. The second-order valence-corrected chi connectivity index (χ2v) is 11.5. The first-order chi connectivity index (χ1) is 19.7. The molecule has 0 saturated carbocycles. The monoisotopic (exact) mass is 576 g/mol. The first-order valence-electron chi connectivity index (χ1n) is 13.6. The summed E-state index contributed by atoms with van der Waals surface area (Å²) in [6, 6.07) is 7.96. The molecule has 1 aliphatic rings. The smallest absolute Gasteiger partial charge is 0.348 e. The molecule has 0 radical (unpaired) electrons. The van der Waals surface area contributed by atoms with Gasteiger partial charge < -0.3 is 29.3 Å². The fraction of sp³-hybridized carbons (Fsp3) is 0.400. The van der Waals surface area contributed by atoms with E-state index in [2.05, 4.69) is 51.2 Å². The van der Waals surface area contributed by atoms with E-state index in [0.29, 0.717) is 33.3 Å². The largest absolute Gasteiger partial charge is 0.489 e. The molecule has 0 amide bonds. The minimum absolute atomic E-state index is 0.0189. The van der Waals surface area contributed by atoms with Gasteiger partial charge in [0.05, 0.1) is 42.4 Å². The molecule has 3 aromatic heterocycles. The molecule has 0 atom stereocenters. The SMILES string of the molecule is COC(=O)c1sc2cnc(Nc3cc(C)c(N4CCN(C)CC4)cc3OC(C)C)nc2c1-c1ccc(C)nc1OC. The Hall–Kier alpha value is -3.96. The number of anilines is 3. The number of fused-ring (bicyclic) bond motifs is 1. The normalized spacial score (nSPS) is 14.0. The summed E-state index contributed by atoms with van der Waals surface area (Å²) in [5.74, 6) is 1.06. The van der Waals surface area contributed by atoms with Crippen molar-refractivity contribution in [2.24, 2.45) is 0 Å². The number of esters is 1. The van der Waals surface area contributed by atoms with E-state index in [4.69, 9.17) is 19.2 Å². The lowest BCUT2D eigenvalue weighted by atomic mass is 10.1. The van der Waals surface area contributed by atoms with Crippen LogP contribution in [0.2, 0.25) is 0 Å². The Morgan fingerprint density at radius 1 is 1.07 bits per heavy atom. The number of carbonyl (C=O) groups is 1. The number of hydrogen-bond acceptors (Lipinski definition) is 11. The summed E-state index contributed by atoms with van der Waals surface area (Å²) in [7, 11) is 5.08. The van der Waals surface area contributed by atoms with Crippen LogP contribution in [0.15, 0.2) is 30.5 Å². The zero-order valence-electron chi connectivity index (χ0n) is 24.6. The average Bonchev–Trinajstić information content (AvgIpc) is 3.33. The molecular formula is C30H36N6O4S. The summed E-state index contributed by atoms with van der Waals surface area (Å²) in [6.45, 7) is 12.0. The number of aromatic nitrogens is 3. The van der Waals surface area contributed by atoms with Crippen molar-refractivity contribution in [2.45, 2.75) is 33.8 Å². The molecule has 1 aromatic carbocycles. The van der Waals surface area contributed by atoms with E-state index >= 15 is 0 Å². The average molecular weight is 577 g/mol. The Morgan fingerprint density at radius 3 is 2.51 bits per heavy atom. The van der Waals surface area contributed by atoms with E-state index in [0.717, 1.165) is 59.3 Å². The molecule has 1 aliphatic heterocycles. The molecule has 1 saturated heterocycles. The maximum Gasteiger partial charge on any atom is 0.348 e. The van der Waals surface area contributed by atoms with Crippen LogP contribution in [0.1, 0.15) is 34.8 Å². The highest BCUT2D eigenvalue weighted by Gasteiger charge is 2.26. The van der Waals surface area contributed by atoms with Crippen LogP contribution in [0.3, 0.4) is 0 Å². The van der Waals surface area contributed by atoms with Crippen LogP contribution in [-0.2, 0) is 4.74 Å². The second-order valence-electron chi connectivity index (χ2n) is 10.4. The van der Waals surface area contributed by atoms with Crippen molar-refractivity contribution < 1.29 is 19.0 Å². The molecule has 1 fully saturated rings. The number of carbonyl (C=O) groups excluding carboxylic acids is 1. The van der Waals surface area contributed by atoms with Crippen molar-refractivity contribution in [2.75, 3.05) is 57.7 Å². The van der Waals surface area contributed by atoms with Gasteiger partial charge in [-0.1, -0.05) is 0 Å². The summed E-state index contributed by atoms with van der Waals surface area (Å²) in [6.07, 6.45) is 1.70. The third-order valence-corrected chi connectivity index (χ3v) is 8.11. The number of methoxy groups -OCH3 is 2. The van der Waals surface area contributed by atoms with Gasteiger partial charge in [0.25, 0.3) is 0 Å². The third-order valence-electron chi connectivity index (χ3n) is 7.02. The summed E-state index contributed by atoms with van der Waals surface area (Å²) < 4.78 is 17.7. The summed E-state index contributed by atoms with van der Waals surface area (Å²) in [4.78, 5) is 32.0. The van der Waals surface area contributed by atoms with Crippen LogP contribution in [0, 0.1) is 13.8 Å². The van der Waals surface area contributed by atoms with Gasteiger partial charge in [-0.3, -0.25) is 0 Å². The van der Waals surface area contributed by atoms with Gasteiger partial charge in [0.15, 0.2) is 0 Å². The molecule has 0 aliphatic carbocycles. The first-order valence-corrected chi connectivity index (χ1v) is 14.4. The highest BCUT2D eigenvalue weighted by molar-refractivity contribution is 7.21. The number of nitrogens with zero attached hydrogens (tertiary/aromatic N) is 5. The van der Waals surface area contributed by atoms with E-state index in [1.165, 1.54) is 18.4 Å². The van der Waals surface area contributed by atoms with E-state index in [1.807, 2.05) is 32.9 Å². The molecule has 41 heavy (non-hydrogen) atoms. The molecule has 216 valence electrons. The molecule has 1 N–H and O–H groups in total. The Bertz CT molecular complexity index is 1580. The molecule has 0 bridgehead atoms. The second kappa shape index (κ2) is 11.9. The Morgan fingerprint density at radius 2 is 1.83 bits per heavy atom. The summed E-state index contributed by atoms with van der Waals surface area (Å²) in [5, 5.41) is 3.38. The Labute approximate surface area is 244 Å². The quantitative estimate of drug-likeness (QED) is 0.273. The van der Waals surface area contributed by atoms with Gasteiger partial charge in [-0.2, -0.15) is 0 Å². The van der Waals surface area contributed by atoms with E-state index < -0.39 is 5.97 Å². The van der Waals surface area contributed by atoms with Crippen LogP contribution >= 0.6 is 11.3 Å². The minimum Gasteiger partial charge on any atom is -0.489 e. The van der Waals surface area contributed by atoms with Gasteiger partial charge in [0, 0.05) is 54.8 Å². The molecular weight excluding hydrogens is 540 g/mol. The topological polar surface area (TPSA) is 102 Å². The lowest BCUT2D eigenvalue weighted by Crippen LogP contribution is -2.44. The zero-order valence-corrected chi connectivity index (χ0v) is 25.4. The highest BCUT2D eigenvalue weighted by atomic mass is 32.1. The van der Waals surface area contributed by atoms with Crippen LogP contribution in [-0.4, -0.2) is 79.4 Å². The van der Waals surface area contributed by atoms with Crippen LogP contribution < -0.4 is 19.7 Å². The fourth-order valence-corrected chi connectivity index (χ4v) is 6.00. The molecule has 10 nitrogen and oxygen atoms in total. The van der Waals surface area contributed by atoms with E-state index in [9.17, 15) is 4.79 Å². The predicted octanol–water partition coefficient (Wildman–Crippen LogP) is 5.45. The number of pyridine rings is 1. The Balaban J connectivity index is 1.58. The van der Waals surface area contributed by atoms with Gasteiger partial charge >= 0.3 is 5.97 Å². The standard InChI is InChI=1S/C30H36N6O4S/c1-17(2)40-23-15-22(36-12-10-35(5)11-13-36)18(3)14-21(23)33-30-31-16-24-26(34-30)25(27(41-24)29(37)39-7)20-9-8-19(4)32-28(20)38-6/h8-9,14-17H,10-13H2,1-7H3,(H,31,33,34). The minimum atomic E-state index is -0.456. The van der Waals surface area contributed by atoms with Crippen molar-refractivity contribution in [3.8, 4) is 22.8 Å². The molecule has 0 spiro atoms. The van der Waals surface area contributed by atoms with Crippen molar-refractivity contribution in [3.05, 3.63) is 46.6 Å². The van der Waals surface area contributed by atoms with Crippen molar-refractivity contribution in [3.63, 3.8) is 0 Å². The number of piperazine rings is 1. The number of hydrogen-bond donors (Lipinski definition) is 1. The predicted molar refractivity (Wildman–Crippen MR) is 163 cm³/mol. The Kier molecular flexibility index (Phi) is 8.27. The highest BCUT2D eigenvalue weighted by Crippen LogP contribution is 2.42. The summed E-state index contributed by atoms with van der Waals surface area (Å²) in [5.41, 5.74) is 5.74. The third kappa shape index (κ3) is 5.91. The number of aryl methyl sites for hydroxylation is 2. The lowest BCUT2D eigenvalue weighted by molar-refractivity contribution is 0.0607. The van der Waals surface area contributed by atoms with Gasteiger partial charge in [0.2, 0.25) is 11.8 Å². The van der Waals surface area contributed by atoms with Gasteiger partial charge in [-0.25, -0.2) is 19.7 Å². The number of likely N-dealkylation sites (N-methyl/N-ethyl adjacent to an activating group) is 1. The maximum absolute atomic E-state index is 12.8. The van der Waals surface area contributed by atoms with E-state index in [-0.39, 0.29) is 6.10 Å².